The molecule has 1 aromatic carbocycles. The van der Waals surface area contributed by atoms with Crippen molar-refractivity contribution in [1.82, 2.24) is 25.0 Å². The number of benzene rings is 1. The van der Waals surface area contributed by atoms with Gasteiger partial charge in [0.05, 0.1) is 17.1 Å². The van der Waals surface area contributed by atoms with E-state index >= 15 is 0 Å². The van der Waals surface area contributed by atoms with Crippen LogP contribution in [0, 0.1) is 11.6 Å². The van der Waals surface area contributed by atoms with Gasteiger partial charge in [-0.15, -0.1) is 10.2 Å². The Balaban J connectivity index is 1.46. The first-order chi connectivity index (χ1) is 12.5. The molecule has 1 N–H and O–H groups in total. The Hall–Kier alpha value is -2.06. The molecular formula is C17H18ClF2N5O. The highest BCUT2D eigenvalue weighted by Gasteiger charge is 2.30. The molecule has 1 aromatic heterocycles. The van der Waals surface area contributed by atoms with Crippen LogP contribution in [-0.4, -0.2) is 45.2 Å². The second kappa shape index (κ2) is 6.92. The van der Waals surface area contributed by atoms with Gasteiger partial charge in [0.2, 0.25) is 0 Å². The summed E-state index contributed by atoms with van der Waals surface area (Å²) >= 11 is 5.55. The molecule has 0 radical (unpaired) electrons. The summed E-state index contributed by atoms with van der Waals surface area (Å²) in [5.74, 6) is -0.00692. The van der Waals surface area contributed by atoms with Crippen molar-refractivity contribution in [3.05, 3.63) is 46.0 Å². The zero-order valence-electron chi connectivity index (χ0n) is 14.0. The number of fused-ring (bicyclic) bond motifs is 1. The topological polar surface area (TPSA) is 63.1 Å². The summed E-state index contributed by atoms with van der Waals surface area (Å²) < 4.78 is 29.7. The van der Waals surface area contributed by atoms with E-state index in [9.17, 15) is 13.6 Å². The average Bonchev–Trinajstić information content (AvgIpc) is 3.08. The number of nitrogens with one attached hydrogen (secondary N) is 1. The van der Waals surface area contributed by atoms with Gasteiger partial charge >= 0.3 is 0 Å². The summed E-state index contributed by atoms with van der Waals surface area (Å²) in [4.78, 5) is 14.1. The minimum Gasteiger partial charge on any atom is -0.339 e. The minimum atomic E-state index is -0.803. The molecule has 0 unspecified atom stereocenters. The summed E-state index contributed by atoms with van der Waals surface area (Å²) in [6, 6.07) is 1.71. The zero-order chi connectivity index (χ0) is 18.3. The number of nitrogens with zero attached hydrogens (tertiary/aromatic N) is 4. The van der Waals surface area contributed by atoms with Crippen molar-refractivity contribution in [3.63, 3.8) is 0 Å². The lowest BCUT2D eigenvalue weighted by Gasteiger charge is -2.32. The van der Waals surface area contributed by atoms with Gasteiger partial charge in [-0.25, -0.2) is 8.78 Å². The third-order valence-electron chi connectivity index (χ3n) is 5.04. The molecule has 2 aliphatic rings. The monoisotopic (exact) mass is 381 g/mol. The van der Waals surface area contributed by atoms with Crippen LogP contribution < -0.4 is 5.32 Å². The Labute approximate surface area is 154 Å². The number of likely N-dealkylation sites (tertiary alicyclic amines) is 1. The van der Waals surface area contributed by atoms with Crippen LogP contribution in [0.3, 0.4) is 0 Å². The fourth-order valence-corrected chi connectivity index (χ4v) is 3.76. The van der Waals surface area contributed by atoms with E-state index in [1.807, 2.05) is 0 Å². The highest BCUT2D eigenvalue weighted by Crippen LogP contribution is 2.29. The van der Waals surface area contributed by atoms with E-state index in [1.54, 1.807) is 4.90 Å². The summed E-state index contributed by atoms with van der Waals surface area (Å²) in [5.41, 5.74) is -0.281. The molecule has 2 aliphatic heterocycles. The molecule has 3 heterocycles. The van der Waals surface area contributed by atoms with E-state index in [-0.39, 0.29) is 16.5 Å². The highest BCUT2D eigenvalue weighted by molar-refractivity contribution is 6.30. The third-order valence-corrected chi connectivity index (χ3v) is 5.33. The quantitative estimate of drug-likeness (QED) is 0.811. The van der Waals surface area contributed by atoms with Crippen LogP contribution in [0.1, 0.15) is 40.8 Å². The molecule has 4 rings (SSSR count). The predicted molar refractivity (Wildman–Crippen MR) is 91.0 cm³/mol. The smallest absolute Gasteiger partial charge is 0.256 e. The van der Waals surface area contributed by atoms with Crippen molar-refractivity contribution >= 4 is 17.5 Å². The van der Waals surface area contributed by atoms with Crippen LogP contribution in [0.15, 0.2) is 12.1 Å². The molecule has 6 nitrogen and oxygen atoms in total. The maximum atomic E-state index is 14.0. The molecule has 9 heteroatoms. The van der Waals surface area contributed by atoms with Crippen molar-refractivity contribution in [2.75, 3.05) is 19.6 Å². The van der Waals surface area contributed by atoms with Crippen LogP contribution in [0.2, 0.25) is 5.02 Å². The lowest BCUT2D eigenvalue weighted by Crippen LogP contribution is -2.39. The predicted octanol–water partition coefficient (Wildman–Crippen LogP) is 2.33. The number of hydrogen-bond donors (Lipinski definition) is 1. The highest BCUT2D eigenvalue weighted by atomic mass is 35.5. The fourth-order valence-electron chi connectivity index (χ4n) is 3.61. The molecule has 0 bridgehead atoms. The van der Waals surface area contributed by atoms with E-state index in [4.69, 9.17) is 11.6 Å². The molecule has 0 aliphatic carbocycles. The Morgan fingerprint density at radius 1 is 1.15 bits per heavy atom. The molecule has 0 saturated carbocycles. The number of hydrogen-bond acceptors (Lipinski definition) is 4. The van der Waals surface area contributed by atoms with E-state index in [2.05, 4.69) is 20.1 Å². The van der Waals surface area contributed by atoms with Crippen LogP contribution in [0.25, 0.3) is 0 Å². The van der Waals surface area contributed by atoms with E-state index in [0.29, 0.717) is 19.6 Å². The van der Waals surface area contributed by atoms with Crippen LogP contribution in [0.4, 0.5) is 8.78 Å². The van der Waals surface area contributed by atoms with Crippen molar-refractivity contribution in [2.24, 2.45) is 0 Å². The first-order valence-electron chi connectivity index (χ1n) is 8.61. The van der Waals surface area contributed by atoms with E-state index in [1.165, 1.54) is 0 Å². The number of carbonyl (C=O) groups excluding carboxylic acids is 1. The molecule has 0 spiro atoms. The molecule has 1 fully saturated rings. The Morgan fingerprint density at radius 3 is 2.69 bits per heavy atom. The van der Waals surface area contributed by atoms with Crippen molar-refractivity contribution in [2.45, 2.75) is 31.8 Å². The molecule has 26 heavy (non-hydrogen) atoms. The van der Waals surface area contributed by atoms with Crippen molar-refractivity contribution in [3.8, 4) is 0 Å². The third kappa shape index (κ3) is 3.07. The van der Waals surface area contributed by atoms with Gasteiger partial charge in [0, 0.05) is 32.1 Å². The Kier molecular flexibility index (Phi) is 4.62. The maximum absolute atomic E-state index is 14.0. The lowest BCUT2D eigenvalue weighted by molar-refractivity contribution is 0.0705. The molecular weight excluding hydrogens is 364 g/mol. The SMILES string of the molecule is O=C(c1cc(F)c(Cl)cc1F)N1CCC(c2nnc3n2CCNC3)CC1. The van der Waals surface area contributed by atoms with Crippen molar-refractivity contribution in [1.29, 1.82) is 0 Å². The standard InChI is InChI=1S/C17H18ClF2N5O/c18-12-8-13(19)11(7-14(12)20)17(26)24-4-1-10(2-5-24)16-23-22-15-9-21-3-6-25(15)16/h7-8,10,21H,1-6,9H2. The summed E-state index contributed by atoms with van der Waals surface area (Å²) in [6.07, 6.45) is 1.43. The molecule has 1 saturated heterocycles. The number of carbonyl (C=O) groups is 1. The van der Waals surface area contributed by atoms with E-state index in [0.717, 1.165) is 49.7 Å². The lowest BCUT2D eigenvalue weighted by atomic mass is 9.95. The van der Waals surface area contributed by atoms with Crippen molar-refractivity contribution < 1.29 is 13.6 Å². The summed E-state index contributed by atoms with van der Waals surface area (Å²) in [6.45, 7) is 3.37. The van der Waals surface area contributed by atoms with Gasteiger partial charge in [0.25, 0.3) is 5.91 Å². The fraction of sp³-hybridized carbons (Fsp3) is 0.471. The number of piperidine rings is 1. The van der Waals surface area contributed by atoms with Crippen LogP contribution >= 0.6 is 11.6 Å². The van der Waals surface area contributed by atoms with Gasteiger partial charge in [-0.3, -0.25) is 4.79 Å². The van der Waals surface area contributed by atoms with Crippen LogP contribution in [0.5, 0.6) is 0 Å². The normalized spacial score (nSPS) is 18.0. The van der Waals surface area contributed by atoms with Crippen LogP contribution in [-0.2, 0) is 13.1 Å². The van der Waals surface area contributed by atoms with Gasteiger partial charge < -0.3 is 14.8 Å². The number of aromatic nitrogens is 3. The van der Waals surface area contributed by atoms with Gasteiger partial charge in [0.1, 0.15) is 23.3 Å². The second-order valence-electron chi connectivity index (χ2n) is 6.62. The second-order valence-corrected chi connectivity index (χ2v) is 7.02. The average molecular weight is 382 g/mol. The zero-order valence-corrected chi connectivity index (χ0v) is 14.8. The van der Waals surface area contributed by atoms with Gasteiger partial charge in [-0.1, -0.05) is 11.6 Å². The Morgan fingerprint density at radius 2 is 1.92 bits per heavy atom. The molecule has 2 aromatic rings. The first-order valence-corrected chi connectivity index (χ1v) is 8.99. The first kappa shape index (κ1) is 17.4. The van der Waals surface area contributed by atoms with E-state index < -0.39 is 17.5 Å². The summed E-state index contributed by atoms with van der Waals surface area (Å²) in [5, 5.41) is 11.5. The molecule has 0 atom stereocenters. The number of rotatable bonds is 2. The number of halogens is 3. The largest absolute Gasteiger partial charge is 0.339 e. The number of amides is 1. The molecule has 1 amide bonds. The van der Waals surface area contributed by atoms with Gasteiger partial charge in [-0.2, -0.15) is 0 Å². The van der Waals surface area contributed by atoms with Gasteiger partial charge in [-0.05, 0) is 25.0 Å². The minimum absolute atomic E-state index is 0.213. The molecule has 138 valence electrons. The Bertz CT molecular complexity index is 848. The summed E-state index contributed by atoms with van der Waals surface area (Å²) in [7, 11) is 0. The maximum Gasteiger partial charge on any atom is 0.256 e. The van der Waals surface area contributed by atoms with Gasteiger partial charge in [0.15, 0.2) is 0 Å².